The second-order valence-corrected chi connectivity index (χ2v) is 3.29. The van der Waals surface area contributed by atoms with E-state index >= 15 is 0 Å². The van der Waals surface area contributed by atoms with Crippen molar-refractivity contribution < 1.29 is 19.3 Å². The van der Waals surface area contributed by atoms with Crippen LogP contribution in [0.25, 0.3) is 0 Å². The van der Waals surface area contributed by atoms with Crippen LogP contribution in [0.15, 0.2) is 0 Å². The SMILES string of the molecule is C[C@@H]1O[C@@H](C2OCCO2)C[C@@H]1O. The molecule has 0 unspecified atom stereocenters. The van der Waals surface area contributed by atoms with E-state index in [9.17, 15) is 5.11 Å². The topological polar surface area (TPSA) is 47.9 Å². The van der Waals surface area contributed by atoms with E-state index in [1.807, 2.05) is 6.92 Å². The van der Waals surface area contributed by atoms with Gasteiger partial charge in [0, 0.05) is 6.42 Å². The summed E-state index contributed by atoms with van der Waals surface area (Å²) in [6, 6.07) is 0. The molecule has 0 saturated carbocycles. The van der Waals surface area contributed by atoms with E-state index in [-0.39, 0.29) is 24.6 Å². The largest absolute Gasteiger partial charge is 0.390 e. The van der Waals surface area contributed by atoms with Gasteiger partial charge in [-0.25, -0.2) is 0 Å². The molecule has 0 aliphatic carbocycles. The smallest absolute Gasteiger partial charge is 0.184 e. The molecule has 3 atom stereocenters. The van der Waals surface area contributed by atoms with E-state index in [4.69, 9.17) is 14.2 Å². The first-order valence-electron chi connectivity index (χ1n) is 4.34. The van der Waals surface area contributed by atoms with Crippen LogP contribution in [0.4, 0.5) is 0 Å². The predicted molar refractivity (Wildman–Crippen MR) is 40.7 cm³/mol. The Hall–Kier alpha value is -0.160. The minimum absolute atomic E-state index is 0.0856. The predicted octanol–water partition coefficient (Wildman–Crippen LogP) is -0.102. The van der Waals surface area contributed by atoms with Crippen molar-refractivity contribution in [2.45, 2.75) is 37.9 Å². The van der Waals surface area contributed by atoms with Crippen molar-refractivity contribution in [1.29, 1.82) is 0 Å². The normalized spacial score (nSPS) is 44.0. The van der Waals surface area contributed by atoms with Gasteiger partial charge in [0.15, 0.2) is 6.29 Å². The molecule has 0 radical (unpaired) electrons. The van der Waals surface area contributed by atoms with Crippen LogP contribution in [-0.4, -0.2) is 42.9 Å². The highest BCUT2D eigenvalue weighted by Crippen LogP contribution is 2.25. The van der Waals surface area contributed by atoms with Crippen molar-refractivity contribution in [3.63, 3.8) is 0 Å². The zero-order chi connectivity index (χ0) is 8.55. The van der Waals surface area contributed by atoms with Gasteiger partial charge in [0.25, 0.3) is 0 Å². The molecule has 1 N–H and O–H groups in total. The van der Waals surface area contributed by atoms with Crippen LogP contribution in [0.2, 0.25) is 0 Å². The lowest BCUT2D eigenvalue weighted by molar-refractivity contribution is -0.136. The molecule has 70 valence electrons. The Balaban J connectivity index is 1.89. The third-order valence-electron chi connectivity index (χ3n) is 2.36. The summed E-state index contributed by atoms with van der Waals surface area (Å²) in [6.07, 6.45) is -0.195. The Morgan fingerprint density at radius 3 is 2.42 bits per heavy atom. The van der Waals surface area contributed by atoms with Crippen molar-refractivity contribution in [3.05, 3.63) is 0 Å². The lowest BCUT2D eigenvalue weighted by Crippen LogP contribution is -2.26. The molecule has 4 nitrogen and oxygen atoms in total. The number of hydrogen-bond acceptors (Lipinski definition) is 4. The van der Waals surface area contributed by atoms with Gasteiger partial charge in [0.1, 0.15) is 6.10 Å². The summed E-state index contributed by atoms with van der Waals surface area (Å²) in [6.45, 7) is 3.13. The van der Waals surface area contributed by atoms with E-state index in [2.05, 4.69) is 0 Å². The zero-order valence-corrected chi connectivity index (χ0v) is 7.10. The third-order valence-corrected chi connectivity index (χ3v) is 2.36. The van der Waals surface area contributed by atoms with Gasteiger partial charge in [0.05, 0.1) is 25.4 Å². The Morgan fingerprint density at radius 2 is 1.92 bits per heavy atom. The standard InChI is InChI=1S/C8H14O4/c1-5-6(9)4-7(12-5)8-10-2-3-11-8/h5-9H,2-4H2,1H3/t5-,6-,7+/m0/s1. The van der Waals surface area contributed by atoms with E-state index in [0.29, 0.717) is 19.6 Å². The average molecular weight is 174 g/mol. The number of aliphatic hydroxyl groups is 1. The lowest BCUT2D eigenvalue weighted by atomic mass is 10.1. The summed E-state index contributed by atoms with van der Waals surface area (Å²) in [7, 11) is 0. The molecule has 0 aromatic rings. The maximum absolute atomic E-state index is 9.39. The number of aliphatic hydroxyl groups excluding tert-OH is 1. The summed E-state index contributed by atoms with van der Waals surface area (Å²) < 4.78 is 16.0. The van der Waals surface area contributed by atoms with Crippen LogP contribution in [0.3, 0.4) is 0 Å². The molecule has 2 heterocycles. The van der Waals surface area contributed by atoms with Crippen LogP contribution in [-0.2, 0) is 14.2 Å². The van der Waals surface area contributed by atoms with Crippen LogP contribution >= 0.6 is 0 Å². The maximum Gasteiger partial charge on any atom is 0.184 e. The summed E-state index contributed by atoms with van der Waals surface area (Å²) in [5.41, 5.74) is 0. The maximum atomic E-state index is 9.39. The van der Waals surface area contributed by atoms with Crippen LogP contribution < -0.4 is 0 Å². The molecule has 2 saturated heterocycles. The fraction of sp³-hybridized carbons (Fsp3) is 1.00. The molecule has 0 spiro atoms. The van der Waals surface area contributed by atoms with Crippen LogP contribution in [0.5, 0.6) is 0 Å². The number of hydrogen-bond donors (Lipinski definition) is 1. The van der Waals surface area contributed by atoms with Gasteiger partial charge in [-0.1, -0.05) is 0 Å². The van der Waals surface area contributed by atoms with E-state index in [1.54, 1.807) is 0 Å². The van der Waals surface area contributed by atoms with E-state index in [1.165, 1.54) is 0 Å². The monoisotopic (exact) mass is 174 g/mol. The summed E-state index contributed by atoms with van der Waals surface area (Å²) in [5, 5.41) is 9.39. The Kier molecular flexibility index (Phi) is 2.32. The first-order valence-corrected chi connectivity index (χ1v) is 4.34. The second kappa shape index (κ2) is 3.30. The summed E-state index contributed by atoms with van der Waals surface area (Å²) >= 11 is 0. The Bertz CT molecular complexity index is 145. The first kappa shape index (κ1) is 8.44. The van der Waals surface area contributed by atoms with Gasteiger partial charge in [-0.15, -0.1) is 0 Å². The molecule has 0 aromatic heterocycles. The summed E-state index contributed by atoms with van der Waals surface area (Å²) in [4.78, 5) is 0. The van der Waals surface area contributed by atoms with Crippen molar-refractivity contribution in [2.24, 2.45) is 0 Å². The molecule has 0 aromatic carbocycles. The molecule has 0 amide bonds. The van der Waals surface area contributed by atoms with Gasteiger partial charge >= 0.3 is 0 Å². The molecule has 2 aliphatic rings. The van der Waals surface area contributed by atoms with Crippen molar-refractivity contribution in [1.82, 2.24) is 0 Å². The Labute approximate surface area is 71.4 Å². The molecule has 12 heavy (non-hydrogen) atoms. The van der Waals surface area contributed by atoms with Crippen LogP contribution in [0, 0.1) is 0 Å². The first-order chi connectivity index (χ1) is 5.77. The van der Waals surface area contributed by atoms with Crippen LogP contribution in [0.1, 0.15) is 13.3 Å². The fourth-order valence-electron chi connectivity index (χ4n) is 1.62. The minimum atomic E-state index is -0.372. The number of ether oxygens (including phenoxy) is 3. The third kappa shape index (κ3) is 1.47. The van der Waals surface area contributed by atoms with Gasteiger partial charge in [0.2, 0.25) is 0 Å². The van der Waals surface area contributed by atoms with Gasteiger partial charge in [-0.3, -0.25) is 0 Å². The quantitative estimate of drug-likeness (QED) is 0.603. The zero-order valence-electron chi connectivity index (χ0n) is 7.10. The minimum Gasteiger partial charge on any atom is -0.390 e. The summed E-state index contributed by atoms with van der Waals surface area (Å²) in [5.74, 6) is 0. The van der Waals surface area contributed by atoms with Gasteiger partial charge in [-0.05, 0) is 6.92 Å². The second-order valence-electron chi connectivity index (χ2n) is 3.29. The molecular formula is C8H14O4. The fourth-order valence-corrected chi connectivity index (χ4v) is 1.62. The van der Waals surface area contributed by atoms with Crippen molar-refractivity contribution in [3.8, 4) is 0 Å². The van der Waals surface area contributed by atoms with Crippen molar-refractivity contribution >= 4 is 0 Å². The van der Waals surface area contributed by atoms with Gasteiger partial charge in [-0.2, -0.15) is 0 Å². The highest BCUT2D eigenvalue weighted by Gasteiger charge is 2.38. The molecular weight excluding hydrogens is 160 g/mol. The van der Waals surface area contributed by atoms with Gasteiger partial charge < -0.3 is 19.3 Å². The highest BCUT2D eigenvalue weighted by molar-refractivity contribution is 4.82. The average Bonchev–Trinajstić information content (AvgIpc) is 2.61. The molecule has 0 bridgehead atoms. The van der Waals surface area contributed by atoms with E-state index in [0.717, 1.165) is 0 Å². The molecule has 4 heteroatoms. The molecule has 2 rings (SSSR count). The van der Waals surface area contributed by atoms with E-state index < -0.39 is 0 Å². The molecule has 2 aliphatic heterocycles. The Morgan fingerprint density at radius 1 is 1.25 bits per heavy atom. The number of rotatable bonds is 1. The lowest BCUT2D eigenvalue weighted by Gasteiger charge is -2.16. The highest BCUT2D eigenvalue weighted by atomic mass is 16.7. The van der Waals surface area contributed by atoms with Crippen molar-refractivity contribution in [2.75, 3.05) is 13.2 Å². The molecule has 2 fully saturated rings.